The highest BCUT2D eigenvalue weighted by Crippen LogP contribution is 2.30. The lowest BCUT2D eigenvalue weighted by Crippen LogP contribution is -2.45. The van der Waals surface area contributed by atoms with Gasteiger partial charge in [-0.05, 0) is 23.8 Å². The second kappa shape index (κ2) is 6.95. The zero-order valence-corrected chi connectivity index (χ0v) is 13.5. The van der Waals surface area contributed by atoms with Crippen LogP contribution in [0.2, 0.25) is 0 Å². The lowest BCUT2D eigenvalue weighted by molar-refractivity contribution is -0.138. The van der Waals surface area contributed by atoms with Crippen molar-refractivity contribution >= 4 is 11.8 Å². The summed E-state index contributed by atoms with van der Waals surface area (Å²) in [6.07, 6.45) is 4.58. The van der Waals surface area contributed by atoms with E-state index in [1.807, 2.05) is 30.3 Å². The van der Waals surface area contributed by atoms with Crippen molar-refractivity contribution in [2.45, 2.75) is 57.4 Å². The first-order valence-electron chi connectivity index (χ1n) is 8.03. The van der Waals surface area contributed by atoms with E-state index < -0.39 is 5.91 Å². The molecule has 2 rings (SSSR count). The summed E-state index contributed by atoms with van der Waals surface area (Å²) in [5, 5.41) is 0. The monoisotopic (exact) mass is 302 g/mol. The van der Waals surface area contributed by atoms with Crippen LogP contribution in [0, 0.1) is 0 Å². The standard InChI is InChI=1S/C18H26N2O2/c1-18(2,14-8-4-3-5-9-14)12-17(22)20(13-16(19)21)15-10-6-7-11-15/h3-5,8-9,15H,6-7,10-13H2,1-2H3,(H2,19,21). The maximum atomic E-state index is 12.8. The van der Waals surface area contributed by atoms with Crippen molar-refractivity contribution in [1.82, 2.24) is 4.90 Å². The van der Waals surface area contributed by atoms with Crippen molar-refractivity contribution < 1.29 is 9.59 Å². The zero-order chi connectivity index (χ0) is 16.2. The predicted molar refractivity (Wildman–Crippen MR) is 87.2 cm³/mol. The van der Waals surface area contributed by atoms with Crippen molar-refractivity contribution in [2.75, 3.05) is 6.54 Å². The summed E-state index contributed by atoms with van der Waals surface area (Å²) in [6, 6.07) is 10.2. The van der Waals surface area contributed by atoms with Gasteiger partial charge in [-0.15, -0.1) is 0 Å². The van der Waals surface area contributed by atoms with Crippen LogP contribution >= 0.6 is 0 Å². The van der Waals surface area contributed by atoms with E-state index in [9.17, 15) is 9.59 Å². The number of carbonyl (C=O) groups is 2. The van der Waals surface area contributed by atoms with Crippen LogP contribution < -0.4 is 5.73 Å². The van der Waals surface area contributed by atoms with Crippen molar-refractivity contribution in [3.63, 3.8) is 0 Å². The average Bonchev–Trinajstić information content (AvgIpc) is 2.99. The quantitative estimate of drug-likeness (QED) is 0.878. The molecule has 0 heterocycles. The van der Waals surface area contributed by atoms with Gasteiger partial charge in [0.1, 0.15) is 0 Å². The van der Waals surface area contributed by atoms with Gasteiger partial charge in [0, 0.05) is 12.5 Å². The Labute approximate surface area is 132 Å². The first-order chi connectivity index (χ1) is 10.4. The van der Waals surface area contributed by atoms with Crippen LogP contribution in [0.4, 0.5) is 0 Å². The summed E-state index contributed by atoms with van der Waals surface area (Å²) in [5.41, 5.74) is 6.22. The van der Waals surface area contributed by atoms with Crippen LogP contribution in [0.25, 0.3) is 0 Å². The topological polar surface area (TPSA) is 63.4 Å². The third-order valence-electron chi connectivity index (χ3n) is 4.56. The molecule has 0 aromatic heterocycles. The second-order valence-corrected chi connectivity index (χ2v) is 6.85. The molecule has 120 valence electrons. The SMILES string of the molecule is CC(C)(CC(=O)N(CC(N)=O)C1CCCC1)c1ccccc1. The number of hydrogen-bond acceptors (Lipinski definition) is 2. The van der Waals surface area contributed by atoms with Gasteiger partial charge in [-0.25, -0.2) is 0 Å². The van der Waals surface area contributed by atoms with Gasteiger partial charge in [0.05, 0.1) is 6.54 Å². The number of nitrogens with two attached hydrogens (primary N) is 1. The molecule has 0 aliphatic heterocycles. The number of amides is 2. The summed E-state index contributed by atoms with van der Waals surface area (Å²) in [6.45, 7) is 4.17. The summed E-state index contributed by atoms with van der Waals surface area (Å²) in [5.74, 6) is -0.405. The minimum atomic E-state index is -0.433. The first-order valence-corrected chi connectivity index (χ1v) is 8.03. The lowest BCUT2D eigenvalue weighted by atomic mass is 9.81. The average molecular weight is 302 g/mol. The summed E-state index contributed by atoms with van der Waals surface area (Å²) in [4.78, 5) is 25.8. The summed E-state index contributed by atoms with van der Waals surface area (Å²) in [7, 11) is 0. The van der Waals surface area contributed by atoms with Gasteiger partial charge in [-0.2, -0.15) is 0 Å². The highest BCUT2D eigenvalue weighted by molar-refractivity contribution is 5.84. The Hall–Kier alpha value is -1.84. The number of hydrogen-bond donors (Lipinski definition) is 1. The van der Waals surface area contributed by atoms with Crippen molar-refractivity contribution in [3.8, 4) is 0 Å². The molecule has 1 aromatic rings. The van der Waals surface area contributed by atoms with E-state index in [-0.39, 0.29) is 23.9 Å². The van der Waals surface area contributed by atoms with E-state index in [1.54, 1.807) is 4.90 Å². The van der Waals surface area contributed by atoms with E-state index >= 15 is 0 Å². The predicted octanol–water partition coefficient (Wildman–Crippen LogP) is 2.61. The molecule has 2 amide bonds. The third-order valence-corrected chi connectivity index (χ3v) is 4.56. The number of benzene rings is 1. The maximum Gasteiger partial charge on any atom is 0.237 e. The van der Waals surface area contributed by atoms with E-state index in [0.29, 0.717) is 6.42 Å². The van der Waals surface area contributed by atoms with Crippen LogP contribution in [-0.4, -0.2) is 29.3 Å². The molecule has 4 heteroatoms. The van der Waals surface area contributed by atoms with Crippen LogP contribution in [-0.2, 0) is 15.0 Å². The van der Waals surface area contributed by atoms with Crippen LogP contribution in [0.15, 0.2) is 30.3 Å². The van der Waals surface area contributed by atoms with Gasteiger partial charge in [-0.1, -0.05) is 57.0 Å². The highest BCUT2D eigenvalue weighted by atomic mass is 16.2. The Morgan fingerprint density at radius 3 is 2.32 bits per heavy atom. The van der Waals surface area contributed by atoms with E-state index in [1.165, 1.54) is 0 Å². The van der Waals surface area contributed by atoms with Crippen molar-refractivity contribution in [1.29, 1.82) is 0 Å². The summed E-state index contributed by atoms with van der Waals surface area (Å²) >= 11 is 0. The Bertz CT molecular complexity index is 519. The molecule has 22 heavy (non-hydrogen) atoms. The Morgan fingerprint density at radius 2 is 1.77 bits per heavy atom. The molecule has 0 spiro atoms. The molecule has 1 aromatic carbocycles. The fourth-order valence-corrected chi connectivity index (χ4v) is 3.28. The van der Waals surface area contributed by atoms with Crippen molar-refractivity contribution in [3.05, 3.63) is 35.9 Å². The normalized spacial score (nSPS) is 15.7. The molecule has 1 saturated carbocycles. The molecular formula is C18H26N2O2. The molecule has 4 nitrogen and oxygen atoms in total. The molecule has 0 saturated heterocycles. The van der Waals surface area contributed by atoms with E-state index in [4.69, 9.17) is 5.73 Å². The smallest absolute Gasteiger partial charge is 0.237 e. The molecule has 1 fully saturated rings. The molecule has 0 radical (unpaired) electrons. The molecule has 0 bridgehead atoms. The fourth-order valence-electron chi connectivity index (χ4n) is 3.28. The summed E-state index contributed by atoms with van der Waals surface area (Å²) < 4.78 is 0. The van der Waals surface area contributed by atoms with E-state index in [2.05, 4.69) is 13.8 Å². The first kappa shape index (κ1) is 16.5. The Morgan fingerprint density at radius 1 is 1.18 bits per heavy atom. The minimum Gasteiger partial charge on any atom is -0.368 e. The molecule has 1 aliphatic rings. The Balaban J connectivity index is 2.11. The van der Waals surface area contributed by atoms with Gasteiger partial charge in [-0.3, -0.25) is 9.59 Å². The van der Waals surface area contributed by atoms with Crippen LogP contribution in [0.1, 0.15) is 51.5 Å². The molecule has 0 atom stereocenters. The van der Waals surface area contributed by atoms with Gasteiger partial charge < -0.3 is 10.6 Å². The maximum absolute atomic E-state index is 12.8. The second-order valence-electron chi connectivity index (χ2n) is 6.85. The Kier molecular flexibility index (Phi) is 5.22. The zero-order valence-electron chi connectivity index (χ0n) is 13.5. The highest BCUT2D eigenvalue weighted by Gasteiger charge is 2.32. The van der Waals surface area contributed by atoms with Crippen LogP contribution in [0.5, 0.6) is 0 Å². The minimum absolute atomic E-state index is 0.0274. The van der Waals surface area contributed by atoms with Crippen molar-refractivity contribution in [2.24, 2.45) is 5.73 Å². The number of carbonyl (C=O) groups excluding carboxylic acids is 2. The van der Waals surface area contributed by atoms with Gasteiger partial charge in [0.25, 0.3) is 0 Å². The number of rotatable bonds is 6. The molecular weight excluding hydrogens is 276 g/mol. The fraction of sp³-hybridized carbons (Fsp3) is 0.556. The molecule has 2 N–H and O–H groups in total. The third kappa shape index (κ3) is 4.09. The lowest BCUT2D eigenvalue weighted by Gasteiger charge is -2.32. The largest absolute Gasteiger partial charge is 0.368 e. The van der Waals surface area contributed by atoms with Gasteiger partial charge in [0.15, 0.2) is 0 Å². The van der Waals surface area contributed by atoms with E-state index in [0.717, 1.165) is 31.2 Å². The molecule has 0 unspecified atom stereocenters. The number of primary amides is 1. The molecule has 1 aliphatic carbocycles. The van der Waals surface area contributed by atoms with Gasteiger partial charge in [0.2, 0.25) is 11.8 Å². The number of nitrogens with zero attached hydrogens (tertiary/aromatic N) is 1. The van der Waals surface area contributed by atoms with Gasteiger partial charge >= 0.3 is 0 Å². The van der Waals surface area contributed by atoms with Crippen LogP contribution in [0.3, 0.4) is 0 Å².